The number of anilines is 1. The number of nitrogens with one attached hydrogen (secondary N) is 3. The number of imidazole rings is 1. The second-order valence-electron chi connectivity index (χ2n) is 6.93. The smallest absolute Gasteiger partial charge is 0.324 e. The molecule has 26 heavy (non-hydrogen) atoms. The highest BCUT2D eigenvalue weighted by Crippen LogP contribution is 2.33. The fourth-order valence-electron chi connectivity index (χ4n) is 3.79. The fraction of sp³-hybridized carbons (Fsp3) is 0.444. The monoisotopic (exact) mass is 355 g/mol. The van der Waals surface area contributed by atoms with Gasteiger partial charge in [0.1, 0.15) is 5.54 Å². The first kappa shape index (κ1) is 16.6. The summed E-state index contributed by atoms with van der Waals surface area (Å²) in [6.07, 6.45) is 4.36. The van der Waals surface area contributed by atoms with Gasteiger partial charge >= 0.3 is 6.03 Å². The van der Waals surface area contributed by atoms with Gasteiger partial charge in [0.2, 0.25) is 11.9 Å². The van der Waals surface area contributed by atoms with Gasteiger partial charge in [-0.25, -0.2) is 9.78 Å². The molecule has 1 saturated carbocycles. The van der Waals surface area contributed by atoms with Crippen molar-refractivity contribution in [3.63, 3.8) is 0 Å². The summed E-state index contributed by atoms with van der Waals surface area (Å²) in [5.74, 6) is -0.134. The molecule has 1 aliphatic heterocycles. The molecule has 4 rings (SSSR count). The Bertz CT molecular complexity index is 836. The van der Waals surface area contributed by atoms with Crippen LogP contribution in [0.3, 0.4) is 0 Å². The predicted octanol–water partition coefficient (Wildman–Crippen LogP) is 2.15. The lowest BCUT2D eigenvalue weighted by Gasteiger charge is -2.30. The molecule has 8 nitrogen and oxygen atoms in total. The Kier molecular flexibility index (Phi) is 4.10. The van der Waals surface area contributed by atoms with E-state index in [0.717, 1.165) is 30.3 Å². The van der Waals surface area contributed by atoms with Gasteiger partial charge in [0.25, 0.3) is 5.91 Å². The molecule has 2 fully saturated rings. The highest BCUT2D eigenvalue weighted by atomic mass is 16.2. The first-order valence-electron chi connectivity index (χ1n) is 8.96. The number of imide groups is 1. The number of rotatable bonds is 4. The van der Waals surface area contributed by atoms with Crippen LogP contribution in [-0.2, 0) is 9.59 Å². The molecule has 1 aromatic heterocycles. The standard InChI is InChI=1S/C18H21N5O3/c24-14(21-16-19-12-6-2-3-7-13(12)20-16)8-11-23-15(25)18(22-17(23)26)9-4-1-5-10-18/h2-3,6-7H,1,4-5,8-11H2,(H,22,26)(H2,19,20,21,24). The van der Waals surface area contributed by atoms with Crippen LogP contribution in [0.25, 0.3) is 11.0 Å². The summed E-state index contributed by atoms with van der Waals surface area (Å²) in [4.78, 5) is 45.5. The topological polar surface area (TPSA) is 107 Å². The Hall–Kier alpha value is -2.90. The number of carbonyl (C=O) groups is 3. The molecule has 0 unspecified atom stereocenters. The van der Waals surface area contributed by atoms with Crippen LogP contribution >= 0.6 is 0 Å². The summed E-state index contributed by atoms with van der Waals surface area (Å²) in [5, 5.41) is 5.53. The second-order valence-corrected chi connectivity index (χ2v) is 6.93. The Balaban J connectivity index is 1.36. The van der Waals surface area contributed by atoms with Gasteiger partial charge in [-0.05, 0) is 25.0 Å². The van der Waals surface area contributed by atoms with Crippen molar-refractivity contribution in [2.45, 2.75) is 44.1 Å². The zero-order valence-electron chi connectivity index (χ0n) is 14.4. The predicted molar refractivity (Wildman–Crippen MR) is 95.4 cm³/mol. The van der Waals surface area contributed by atoms with E-state index in [4.69, 9.17) is 0 Å². The quantitative estimate of drug-likeness (QED) is 0.730. The molecule has 0 atom stereocenters. The number of hydrogen-bond acceptors (Lipinski definition) is 4. The zero-order valence-corrected chi connectivity index (χ0v) is 14.4. The van der Waals surface area contributed by atoms with Gasteiger partial charge in [0.15, 0.2) is 0 Å². The van der Waals surface area contributed by atoms with E-state index < -0.39 is 11.6 Å². The molecule has 2 aliphatic rings. The van der Waals surface area contributed by atoms with Crippen molar-refractivity contribution in [1.82, 2.24) is 20.2 Å². The number of hydrogen-bond donors (Lipinski definition) is 3. The van der Waals surface area contributed by atoms with Crippen LogP contribution in [0.5, 0.6) is 0 Å². The van der Waals surface area contributed by atoms with Gasteiger partial charge in [-0.15, -0.1) is 0 Å². The molecular formula is C18H21N5O3. The number of H-pyrrole nitrogens is 1. The highest BCUT2D eigenvalue weighted by Gasteiger charge is 2.51. The lowest BCUT2D eigenvalue weighted by Crippen LogP contribution is -2.48. The van der Waals surface area contributed by atoms with E-state index in [1.807, 2.05) is 24.3 Å². The molecule has 2 heterocycles. The number of amides is 4. The summed E-state index contributed by atoms with van der Waals surface area (Å²) < 4.78 is 0. The van der Waals surface area contributed by atoms with E-state index in [2.05, 4.69) is 20.6 Å². The van der Waals surface area contributed by atoms with Crippen molar-refractivity contribution in [3.05, 3.63) is 24.3 Å². The summed E-state index contributed by atoms with van der Waals surface area (Å²) >= 11 is 0. The van der Waals surface area contributed by atoms with Crippen molar-refractivity contribution in [1.29, 1.82) is 0 Å². The van der Waals surface area contributed by atoms with Gasteiger partial charge in [-0.1, -0.05) is 31.4 Å². The SMILES string of the molecule is O=C(CCN1C(=O)NC2(CCCCC2)C1=O)Nc1nc2ccccc2[nH]1. The van der Waals surface area contributed by atoms with Crippen molar-refractivity contribution in [2.75, 3.05) is 11.9 Å². The normalized spacial score (nSPS) is 19.2. The van der Waals surface area contributed by atoms with Crippen LogP contribution in [0.1, 0.15) is 38.5 Å². The minimum atomic E-state index is -0.745. The Morgan fingerprint density at radius 1 is 1.19 bits per heavy atom. The highest BCUT2D eigenvalue weighted by molar-refractivity contribution is 6.07. The molecule has 8 heteroatoms. The van der Waals surface area contributed by atoms with Gasteiger partial charge in [0, 0.05) is 13.0 Å². The Labute approximate surface area is 150 Å². The van der Waals surface area contributed by atoms with Crippen LogP contribution in [-0.4, -0.2) is 44.8 Å². The number of aromatic amines is 1. The number of fused-ring (bicyclic) bond motifs is 1. The third kappa shape index (κ3) is 2.91. The number of para-hydroxylation sites is 2. The fourth-order valence-corrected chi connectivity index (χ4v) is 3.79. The maximum Gasteiger partial charge on any atom is 0.325 e. The maximum atomic E-state index is 12.7. The summed E-state index contributed by atoms with van der Waals surface area (Å²) in [6, 6.07) is 7.07. The summed E-state index contributed by atoms with van der Waals surface area (Å²) in [7, 11) is 0. The summed E-state index contributed by atoms with van der Waals surface area (Å²) in [6.45, 7) is 0.0679. The van der Waals surface area contributed by atoms with E-state index in [1.54, 1.807) is 0 Å². The third-order valence-corrected chi connectivity index (χ3v) is 5.16. The minimum Gasteiger partial charge on any atom is -0.324 e. The van der Waals surface area contributed by atoms with Crippen molar-refractivity contribution in [2.24, 2.45) is 0 Å². The zero-order chi connectivity index (χ0) is 18.1. The van der Waals surface area contributed by atoms with Crippen LogP contribution in [0.15, 0.2) is 24.3 Å². The van der Waals surface area contributed by atoms with E-state index in [9.17, 15) is 14.4 Å². The average molecular weight is 355 g/mol. The largest absolute Gasteiger partial charge is 0.325 e. The van der Waals surface area contributed by atoms with Crippen LogP contribution in [0.2, 0.25) is 0 Å². The lowest BCUT2D eigenvalue weighted by molar-refractivity contribution is -0.132. The molecule has 4 amide bonds. The molecule has 0 radical (unpaired) electrons. The lowest BCUT2D eigenvalue weighted by atomic mass is 9.82. The molecule has 1 aromatic carbocycles. The molecule has 1 spiro atoms. The summed E-state index contributed by atoms with van der Waals surface area (Å²) in [5.41, 5.74) is 0.845. The van der Waals surface area contributed by atoms with Crippen molar-refractivity contribution in [3.8, 4) is 0 Å². The number of carbonyl (C=O) groups excluding carboxylic acids is 3. The molecular weight excluding hydrogens is 334 g/mol. The Morgan fingerprint density at radius 3 is 2.73 bits per heavy atom. The van der Waals surface area contributed by atoms with Crippen molar-refractivity contribution >= 4 is 34.8 Å². The minimum absolute atomic E-state index is 0.0340. The van der Waals surface area contributed by atoms with E-state index in [-0.39, 0.29) is 24.8 Å². The molecule has 1 aliphatic carbocycles. The first-order chi connectivity index (χ1) is 12.6. The number of urea groups is 1. The molecule has 3 N–H and O–H groups in total. The van der Waals surface area contributed by atoms with Gasteiger partial charge in [-0.3, -0.25) is 19.8 Å². The molecule has 1 saturated heterocycles. The maximum absolute atomic E-state index is 12.7. The number of aromatic nitrogens is 2. The van der Waals surface area contributed by atoms with Gasteiger partial charge in [0.05, 0.1) is 11.0 Å². The van der Waals surface area contributed by atoms with Crippen LogP contribution < -0.4 is 10.6 Å². The Morgan fingerprint density at radius 2 is 1.96 bits per heavy atom. The van der Waals surface area contributed by atoms with Crippen molar-refractivity contribution < 1.29 is 14.4 Å². The first-order valence-corrected chi connectivity index (χ1v) is 8.96. The molecule has 136 valence electrons. The van der Waals surface area contributed by atoms with Crippen LogP contribution in [0, 0.1) is 0 Å². The van der Waals surface area contributed by atoms with Gasteiger partial charge < -0.3 is 10.3 Å². The molecule has 0 bridgehead atoms. The van der Waals surface area contributed by atoms with E-state index >= 15 is 0 Å². The van der Waals surface area contributed by atoms with E-state index in [0.29, 0.717) is 18.8 Å². The number of nitrogens with zero attached hydrogens (tertiary/aromatic N) is 2. The average Bonchev–Trinajstić information content (AvgIpc) is 3.13. The van der Waals surface area contributed by atoms with Gasteiger partial charge in [-0.2, -0.15) is 0 Å². The third-order valence-electron chi connectivity index (χ3n) is 5.16. The number of benzene rings is 1. The molecule has 2 aromatic rings. The van der Waals surface area contributed by atoms with Crippen LogP contribution in [0.4, 0.5) is 10.7 Å². The second kappa shape index (κ2) is 6.44. The van der Waals surface area contributed by atoms with E-state index in [1.165, 1.54) is 4.90 Å².